The van der Waals surface area contributed by atoms with E-state index >= 15 is 0 Å². The van der Waals surface area contributed by atoms with Gasteiger partial charge in [0.1, 0.15) is 5.82 Å². The van der Waals surface area contributed by atoms with Crippen LogP contribution in [-0.4, -0.2) is 16.9 Å². The van der Waals surface area contributed by atoms with Crippen molar-refractivity contribution in [2.24, 2.45) is 11.8 Å². The number of hydrogen-bond donors (Lipinski definition) is 1. The van der Waals surface area contributed by atoms with Crippen molar-refractivity contribution in [3.8, 4) is 0 Å². The molecular weight excluding hydrogens is 199 g/mol. The fourth-order valence-electron chi connectivity index (χ4n) is 1.59. The molecule has 0 aromatic heterocycles. The predicted octanol–water partition coefficient (Wildman–Crippen LogP) is 1.73. The fourth-order valence-corrected chi connectivity index (χ4v) is 1.59. The normalized spacial score (nSPS) is 23.5. The van der Waals surface area contributed by atoms with Gasteiger partial charge in [0, 0.05) is 11.5 Å². The van der Waals surface area contributed by atoms with Crippen LogP contribution in [-0.2, 0) is 4.79 Å². The zero-order valence-corrected chi connectivity index (χ0v) is 7.81. The maximum Gasteiger partial charge on any atom is 0.307 e. The van der Waals surface area contributed by atoms with Crippen LogP contribution < -0.4 is 0 Å². The number of hydrogen-bond acceptors (Lipinski definition) is 2. The maximum atomic E-state index is 12.6. The van der Waals surface area contributed by atoms with Crippen molar-refractivity contribution in [2.75, 3.05) is 0 Å². The molecular formula is C11H9FO3. The van der Waals surface area contributed by atoms with Gasteiger partial charge in [-0.15, -0.1) is 0 Å². The number of aliphatic carboxylic acids is 1. The van der Waals surface area contributed by atoms with Crippen molar-refractivity contribution in [2.45, 2.75) is 6.42 Å². The lowest BCUT2D eigenvalue weighted by molar-refractivity contribution is -0.138. The third kappa shape index (κ3) is 1.88. The molecule has 1 aliphatic carbocycles. The molecule has 2 atom stereocenters. The van der Waals surface area contributed by atoms with Gasteiger partial charge in [-0.2, -0.15) is 0 Å². The number of carbonyl (C=O) groups excluding carboxylic acids is 1. The number of carbonyl (C=O) groups is 2. The van der Waals surface area contributed by atoms with Crippen molar-refractivity contribution < 1.29 is 19.1 Å². The molecule has 0 spiro atoms. The summed E-state index contributed by atoms with van der Waals surface area (Å²) in [5, 5.41) is 8.65. The zero-order valence-electron chi connectivity index (χ0n) is 7.81. The van der Waals surface area contributed by atoms with Crippen LogP contribution in [0.1, 0.15) is 16.8 Å². The van der Waals surface area contributed by atoms with E-state index in [1.54, 1.807) is 0 Å². The Kier molecular flexibility index (Phi) is 2.26. The molecule has 0 heterocycles. The van der Waals surface area contributed by atoms with Gasteiger partial charge in [-0.3, -0.25) is 9.59 Å². The van der Waals surface area contributed by atoms with Crippen LogP contribution in [0, 0.1) is 17.7 Å². The Labute approximate surface area is 85.5 Å². The number of carboxylic acids is 1. The second-order valence-electron chi connectivity index (χ2n) is 3.66. The third-order valence-corrected chi connectivity index (χ3v) is 2.57. The second-order valence-corrected chi connectivity index (χ2v) is 3.66. The molecule has 0 bridgehead atoms. The highest BCUT2D eigenvalue weighted by molar-refractivity contribution is 6.02. The Hall–Kier alpha value is -1.71. The molecule has 1 fully saturated rings. The quantitative estimate of drug-likeness (QED) is 0.769. The summed E-state index contributed by atoms with van der Waals surface area (Å²) < 4.78 is 12.6. The van der Waals surface area contributed by atoms with Crippen molar-refractivity contribution in [3.63, 3.8) is 0 Å². The van der Waals surface area contributed by atoms with Crippen molar-refractivity contribution in [1.82, 2.24) is 0 Å². The number of carboxylic acid groups (broad SMARTS) is 1. The first-order valence-corrected chi connectivity index (χ1v) is 4.62. The highest BCUT2D eigenvalue weighted by atomic mass is 19.1. The molecule has 1 aromatic rings. The molecule has 2 rings (SSSR count). The number of ketones is 1. The summed E-state index contributed by atoms with van der Waals surface area (Å²) in [6, 6.07) is 5.17. The molecule has 2 unspecified atom stereocenters. The third-order valence-electron chi connectivity index (χ3n) is 2.57. The van der Waals surface area contributed by atoms with Crippen LogP contribution in [0.3, 0.4) is 0 Å². The van der Waals surface area contributed by atoms with Crippen molar-refractivity contribution >= 4 is 11.8 Å². The predicted molar refractivity (Wildman–Crippen MR) is 50.0 cm³/mol. The second kappa shape index (κ2) is 3.46. The van der Waals surface area contributed by atoms with Crippen molar-refractivity contribution in [1.29, 1.82) is 0 Å². The van der Waals surface area contributed by atoms with Gasteiger partial charge in [0.15, 0.2) is 5.78 Å². The minimum atomic E-state index is -0.935. The number of Topliss-reactive ketones (excluding diaryl/α,β-unsaturated/α-hetero) is 1. The molecule has 1 N–H and O–H groups in total. The lowest BCUT2D eigenvalue weighted by Gasteiger charge is -1.98. The van der Waals surface area contributed by atoms with E-state index in [0.29, 0.717) is 12.0 Å². The largest absolute Gasteiger partial charge is 0.481 e. The summed E-state index contributed by atoms with van der Waals surface area (Å²) in [6.45, 7) is 0. The van der Waals surface area contributed by atoms with Crippen LogP contribution in [0.15, 0.2) is 24.3 Å². The van der Waals surface area contributed by atoms with Crippen LogP contribution in [0.25, 0.3) is 0 Å². The highest BCUT2D eigenvalue weighted by Gasteiger charge is 2.48. The van der Waals surface area contributed by atoms with Gasteiger partial charge in [-0.05, 0) is 30.7 Å². The highest BCUT2D eigenvalue weighted by Crippen LogP contribution is 2.41. The summed E-state index contributed by atoms with van der Waals surface area (Å²) in [5.74, 6) is -2.52. The Balaban J connectivity index is 2.10. The van der Waals surface area contributed by atoms with Gasteiger partial charge in [-0.25, -0.2) is 4.39 Å². The van der Waals surface area contributed by atoms with Gasteiger partial charge >= 0.3 is 5.97 Å². The summed E-state index contributed by atoms with van der Waals surface area (Å²) in [7, 11) is 0. The Bertz CT molecular complexity index is 410. The lowest BCUT2D eigenvalue weighted by atomic mass is 10.1. The maximum absolute atomic E-state index is 12.6. The number of rotatable bonds is 3. The lowest BCUT2D eigenvalue weighted by Crippen LogP contribution is -2.08. The van der Waals surface area contributed by atoms with Gasteiger partial charge in [0.2, 0.25) is 0 Å². The smallest absolute Gasteiger partial charge is 0.307 e. The molecule has 0 aliphatic heterocycles. The Morgan fingerprint density at radius 3 is 2.27 bits per heavy atom. The van der Waals surface area contributed by atoms with Crippen LogP contribution >= 0.6 is 0 Å². The van der Waals surface area contributed by atoms with Gasteiger partial charge < -0.3 is 5.11 Å². The first kappa shape index (κ1) is 9.83. The minimum absolute atomic E-state index is 0.206. The number of halogens is 1. The first-order chi connectivity index (χ1) is 7.09. The van der Waals surface area contributed by atoms with Crippen LogP contribution in [0.4, 0.5) is 4.39 Å². The summed E-state index contributed by atoms with van der Waals surface area (Å²) in [6.07, 6.45) is 0.394. The zero-order chi connectivity index (χ0) is 11.0. The average molecular weight is 208 g/mol. The van der Waals surface area contributed by atoms with E-state index in [1.165, 1.54) is 24.3 Å². The fraction of sp³-hybridized carbons (Fsp3) is 0.273. The molecule has 78 valence electrons. The van der Waals surface area contributed by atoms with E-state index in [-0.39, 0.29) is 5.78 Å². The molecule has 0 saturated heterocycles. The van der Waals surface area contributed by atoms with Gasteiger partial charge in [0.05, 0.1) is 5.92 Å². The van der Waals surface area contributed by atoms with E-state index in [2.05, 4.69) is 0 Å². The SMILES string of the molecule is O=C(O)C1CC1C(=O)c1ccc(F)cc1. The Morgan fingerprint density at radius 2 is 1.80 bits per heavy atom. The molecule has 0 amide bonds. The van der Waals surface area contributed by atoms with Gasteiger partial charge in [0.25, 0.3) is 0 Å². The standard InChI is InChI=1S/C11H9FO3/c12-7-3-1-6(2-4-7)10(13)8-5-9(8)11(14)15/h1-4,8-9H,5H2,(H,14,15). The van der Waals surface area contributed by atoms with E-state index in [0.717, 1.165) is 0 Å². The molecule has 4 heteroatoms. The molecule has 1 aliphatic rings. The van der Waals surface area contributed by atoms with E-state index in [9.17, 15) is 14.0 Å². The monoisotopic (exact) mass is 208 g/mol. The summed E-state index contributed by atoms with van der Waals surface area (Å²) in [4.78, 5) is 22.2. The minimum Gasteiger partial charge on any atom is -0.481 e. The van der Waals surface area contributed by atoms with Crippen LogP contribution in [0.2, 0.25) is 0 Å². The van der Waals surface area contributed by atoms with Gasteiger partial charge in [-0.1, -0.05) is 0 Å². The average Bonchev–Trinajstić information content (AvgIpc) is 2.97. The first-order valence-electron chi connectivity index (χ1n) is 4.62. The number of benzene rings is 1. The van der Waals surface area contributed by atoms with Crippen molar-refractivity contribution in [3.05, 3.63) is 35.6 Å². The molecule has 1 saturated carbocycles. The molecule has 15 heavy (non-hydrogen) atoms. The van der Waals surface area contributed by atoms with E-state index in [4.69, 9.17) is 5.11 Å². The Morgan fingerprint density at radius 1 is 1.20 bits per heavy atom. The molecule has 1 aromatic carbocycles. The molecule has 0 radical (unpaired) electrons. The summed E-state index contributed by atoms with van der Waals surface area (Å²) in [5.41, 5.74) is 0.380. The van der Waals surface area contributed by atoms with E-state index in [1.807, 2.05) is 0 Å². The topological polar surface area (TPSA) is 54.4 Å². The van der Waals surface area contributed by atoms with E-state index < -0.39 is 23.6 Å². The van der Waals surface area contributed by atoms with Crippen LogP contribution in [0.5, 0.6) is 0 Å². The summed E-state index contributed by atoms with van der Waals surface area (Å²) >= 11 is 0. The molecule has 3 nitrogen and oxygen atoms in total.